The number of halogens is 3. The molecule has 1 amide bonds. The standard InChI is InChI=1S/C28H42F3NO3S/c1-23(2)19-10-14-26(5)20(24(19,3)13-11-21(23)35-36(34)28(29,30)31)9-8-17-18-7-6-12-27(18,22(32)33)16-15-25(17,26)4/h11,17-20H,6-10,12-16H2,1-5H3,(H2,32,33)/t17?,18?,19?,20?,24?,25-,26?,27?,36?/m1/s1. The Bertz CT molecular complexity index is 1010. The van der Waals surface area contributed by atoms with Gasteiger partial charge < -0.3 is 9.92 Å². The van der Waals surface area contributed by atoms with E-state index in [1.807, 2.05) is 13.8 Å². The molecule has 5 rings (SSSR count). The molecule has 0 saturated heterocycles. The summed E-state index contributed by atoms with van der Waals surface area (Å²) in [5, 5.41) is 0. The van der Waals surface area contributed by atoms with E-state index in [4.69, 9.17) is 9.92 Å². The van der Waals surface area contributed by atoms with Gasteiger partial charge in [0.2, 0.25) is 5.91 Å². The van der Waals surface area contributed by atoms with Crippen molar-refractivity contribution in [2.24, 2.45) is 56.5 Å². The van der Waals surface area contributed by atoms with E-state index in [2.05, 4.69) is 20.8 Å². The molecule has 0 bridgehead atoms. The van der Waals surface area contributed by atoms with Crippen LogP contribution in [0.5, 0.6) is 0 Å². The van der Waals surface area contributed by atoms with Crippen molar-refractivity contribution in [2.45, 2.75) is 104 Å². The van der Waals surface area contributed by atoms with Gasteiger partial charge in [0, 0.05) is 5.41 Å². The minimum absolute atomic E-state index is 0.0784. The van der Waals surface area contributed by atoms with Gasteiger partial charge in [0.1, 0.15) is 5.76 Å². The minimum Gasteiger partial charge on any atom is -0.398 e. The second-order valence-corrected chi connectivity index (χ2v) is 15.0. The van der Waals surface area contributed by atoms with E-state index in [1.54, 1.807) is 6.08 Å². The second kappa shape index (κ2) is 7.98. The van der Waals surface area contributed by atoms with Gasteiger partial charge in [0.15, 0.2) is 0 Å². The van der Waals surface area contributed by atoms with E-state index in [9.17, 15) is 22.2 Å². The summed E-state index contributed by atoms with van der Waals surface area (Å²) in [5.41, 5.74) is 0.303. The quantitative estimate of drug-likeness (QED) is 0.427. The highest BCUT2D eigenvalue weighted by Gasteiger charge is 2.70. The largest absolute Gasteiger partial charge is 0.508 e. The van der Waals surface area contributed by atoms with Crippen LogP contribution < -0.4 is 5.73 Å². The number of carbonyl (C=O) groups is 1. The topological polar surface area (TPSA) is 69.4 Å². The average Bonchev–Trinajstić information content (AvgIpc) is 3.21. The maximum absolute atomic E-state index is 13.0. The number of primary amides is 1. The van der Waals surface area contributed by atoms with Crippen molar-refractivity contribution >= 4 is 17.0 Å². The molecule has 4 fully saturated rings. The Morgan fingerprint density at radius 3 is 2.28 bits per heavy atom. The van der Waals surface area contributed by atoms with E-state index >= 15 is 0 Å². The smallest absolute Gasteiger partial charge is 0.398 e. The zero-order valence-corrected chi connectivity index (χ0v) is 23.1. The predicted molar refractivity (Wildman–Crippen MR) is 133 cm³/mol. The van der Waals surface area contributed by atoms with Gasteiger partial charge in [-0.25, -0.2) is 4.21 Å². The zero-order valence-electron chi connectivity index (χ0n) is 22.3. The number of allylic oxidation sites excluding steroid dienone is 2. The molecule has 4 saturated carbocycles. The fraction of sp³-hybridized carbons (Fsp3) is 0.893. The van der Waals surface area contributed by atoms with Crippen LogP contribution >= 0.6 is 0 Å². The van der Waals surface area contributed by atoms with E-state index in [1.165, 1.54) is 0 Å². The Labute approximate surface area is 216 Å². The van der Waals surface area contributed by atoms with Crippen molar-refractivity contribution in [3.63, 3.8) is 0 Å². The van der Waals surface area contributed by atoms with Gasteiger partial charge in [-0.15, -0.1) is 0 Å². The molecule has 5 aliphatic carbocycles. The molecule has 0 aromatic carbocycles. The maximum atomic E-state index is 13.0. The van der Waals surface area contributed by atoms with Crippen LogP contribution in [0.3, 0.4) is 0 Å². The Hall–Kier alpha value is -1.05. The zero-order chi connectivity index (χ0) is 26.5. The van der Waals surface area contributed by atoms with E-state index in [0.29, 0.717) is 24.2 Å². The molecular weight excluding hydrogens is 487 g/mol. The summed E-state index contributed by atoms with van der Waals surface area (Å²) in [6.07, 6.45) is 11.5. The number of amides is 1. The van der Waals surface area contributed by atoms with Crippen molar-refractivity contribution in [2.75, 3.05) is 0 Å². The summed E-state index contributed by atoms with van der Waals surface area (Å²) in [6, 6.07) is 0. The third-order valence-electron chi connectivity index (χ3n) is 12.7. The number of fused-ring (bicyclic) bond motifs is 7. The highest BCUT2D eigenvalue weighted by molar-refractivity contribution is 7.81. The Morgan fingerprint density at radius 2 is 1.64 bits per heavy atom. The second-order valence-electron chi connectivity index (χ2n) is 13.9. The van der Waals surface area contributed by atoms with Crippen LogP contribution in [0.1, 0.15) is 98.8 Å². The van der Waals surface area contributed by atoms with Gasteiger partial charge in [0.05, 0.1) is 5.41 Å². The molecule has 0 aromatic rings. The van der Waals surface area contributed by atoms with Crippen molar-refractivity contribution < 1.29 is 26.4 Å². The summed E-state index contributed by atoms with van der Waals surface area (Å²) in [5.74, 6) is 1.56. The molecule has 5 aliphatic rings. The summed E-state index contributed by atoms with van der Waals surface area (Å²) < 4.78 is 55.9. The van der Waals surface area contributed by atoms with Gasteiger partial charge >= 0.3 is 16.6 Å². The predicted octanol–water partition coefficient (Wildman–Crippen LogP) is 7.02. The lowest BCUT2D eigenvalue weighted by molar-refractivity contribution is -0.225. The molecule has 8 unspecified atom stereocenters. The normalized spacial score (nSPS) is 48.5. The average molecular weight is 530 g/mol. The molecule has 2 N–H and O–H groups in total. The highest BCUT2D eigenvalue weighted by Crippen LogP contribution is 2.76. The van der Waals surface area contributed by atoms with Gasteiger partial charge in [-0.05, 0) is 104 Å². The lowest BCUT2D eigenvalue weighted by Crippen LogP contribution is -2.65. The molecule has 0 heterocycles. The van der Waals surface area contributed by atoms with Gasteiger partial charge in [-0.1, -0.05) is 41.0 Å². The van der Waals surface area contributed by atoms with Crippen LogP contribution in [-0.4, -0.2) is 15.6 Å². The van der Waals surface area contributed by atoms with Crippen LogP contribution in [0.4, 0.5) is 13.2 Å². The Balaban J connectivity index is 1.48. The van der Waals surface area contributed by atoms with Crippen LogP contribution in [-0.2, 0) is 20.1 Å². The van der Waals surface area contributed by atoms with Crippen molar-refractivity contribution in [1.29, 1.82) is 0 Å². The van der Waals surface area contributed by atoms with Gasteiger partial charge in [-0.3, -0.25) is 4.79 Å². The summed E-state index contributed by atoms with van der Waals surface area (Å²) in [7, 11) is 0. The lowest BCUT2D eigenvalue weighted by atomic mass is 9.33. The molecule has 8 heteroatoms. The third kappa shape index (κ3) is 3.30. The minimum atomic E-state index is -4.89. The number of hydrogen-bond acceptors (Lipinski definition) is 3. The number of alkyl halides is 3. The Kier molecular flexibility index (Phi) is 5.89. The SMILES string of the molecule is CC1(C)C(OS(=O)C(F)(F)F)=CCC2(C)C1CCC1(C)C2CCC2C3CCCC3(C(N)=O)CC[C@]21C. The summed E-state index contributed by atoms with van der Waals surface area (Å²) >= 11 is -3.35. The van der Waals surface area contributed by atoms with Crippen LogP contribution in [0.15, 0.2) is 11.8 Å². The molecule has 204 valence electrons. The molecule has 0 radical (unpaired) electrons. The summed E-state index contributed by atoms with van der Waals surface area (Å²) in [4.78, 5) is 12.7. The van der Waals surface area contributed by atoms with Gasteiger partial charge in [-0.2, -0.15) is 13.2 Å². The number of nitrogens with two attached hydrogens (primary N) is 1. The number of carbonyl (C=O) groups excluding carboxylic acids is 1. The van der Waals surface area contributed by atoms with Crippen LogP contribution in [0.2, 0.25) is 0 Å². The molecular formula is C28H42F3NO3S. The van der Waals surface area contributed by atoms with Crippen LogP contribution in [0, 0.1) is 50.7 Å². The van der Waals surface area contributed by atoms with Crippen LogP contribution in [0.25, 0.3) is 0 Å². The monoisotopic (exact) mass is 529 g/mol. The van der Waals surface area contributed by atoms with Crippen molar-refractivity contribution in [3.05, 3.63) is 11.8 Å². The molecule has 0 aliphatic heterocycles. The van der Waals surface area contributed by atoms with E-state index in [0.717, 1.165) is 57.8 Å². The molecule has 4 nitrogen and oxygen atoms in total. The summed E-state index contributed by atoms with van der Waals surface area (Å²) in [6.45, 7) is 11.2. The lowest BCUT2D eigenvalue weighted by Gasteiger charge is -2.71. The van der Waals surface area contributed by atoms with E-state index in [-0.39, 0.29) is 39.2 Å². The molecule has 0 aromatic heterocycles. The highest BCUT2D eigenvalue weighted by atomic mass is 32.2. The molecule has 9 atom stereocenters. The fourth-order valence-corrected chi connectivity index (χ4v) is 11.4. The molecule has 0 spiro atoms. The van der Waals surface area contributed by atoms with E-state index < -0.39 is 22.0 Å². The first-order valence-corrected chi connectivity index (χ1v) is 14.8. The Morgan fingerprint density at radius 1 is 0.944 bits per heavy atom. The molecule has 36 heavy (non-hydrogen) atoms. The first kappa shape index (κ1) is 26.6. The third-order valence-corrected chi connectivity index (χ3v) is 13.4. The maximum Gasteiger partial charge on any atom is 0.508 e. The fourth-order valence-electron chi connectivity index (χ4n) is 10.9. The number of hydrogen-bond donors (Lipinski definition) is 1. The number of rotatable bonds is 3. The first-order chi connectivity index (χ1) is 16.5. The first-order valence-electron chi connectivity index (χ1n) is 13.7. The van der Waals surface area contributed by atoms with Gasteiger partial charge in [0.25, 0.3) is 0 Å². The van der Waals surface area contributed by atoms with Crippen molar-refractivity contribution in [3.8, 4) is 0 Å². The van der Waals surface area contributed by atoms with Crippen molar-refractivity contribution in [1.82, 2.24) is 0 Å².